The van der Waals surface area contributed by atoms with Crippen LogP contribution >= 0.6 is 11.6 Å². The average Bonchev–Trinajstić information content (AvgIpc) is 2.45. The molecule has 0 saturated heterocycles. The van der Waals surface area contributed by atoms with Crippen LogP contribution in [0, 0.1) is 10.1 Å². The van der Waals surface area contributed by atoms with Crippen molar-refractivity contribution in [2.45, 2.75) is 6.54 Å². The Morgan fingerprint density at radius 3 is 2.80 bits per heavy atom. The van der Waals surface area contributed by atoms with Gasteiger partial charge in [-0.2, -0.15) is 0 Å². The second-order valence-corrected chi connectivity index (χ2v) is 4.43. The quantitative estimate of drug-likeness (QED) is 0.690. The highest BCUT2D eigenvalue weighted by atomic mass is 35.5. The van der Waals surface area contributed by atoms with E-state index in [1.165, 1.54) is 18.2 Å². The number of amides is 1. The molecule has 0 radical (unpaired) electrons. The first kappa shape index (κ1) is 14.0. The van der Waals surface area contributed by atoms with Crippen molar-refractivity contribution in [2.24, 2.45) is 0 Å². The molecule has 1 aromatic heterocycles. The zero-order chi connectivity index (χ0) is 14.5. The maximum atomic E-state index is 12.0. The molecule has 1 amide bonds. The number of H-pyrrole nitrogens is 1. The molecular weight excluding hydrogens is 282 g/mol. The first-order valence-corrected chi connectivity index (χ1v) is 6.13. The Kier molecular flexibility index (Phi) is 4.27. The van der Waals surface area contributed by atoms with Crippen LogP contribution in [0.5, 0.6) is 0 Å². The van der Waals surface area contributed by atoms with Crippen molar-refractivity contribution in [1.29, 1.82) is 0 Å². The predicted molar refractivity (Wildman–Crippen MR) is 72.3 cm³/mol. The number of pyridine rings is 1. The van der Waals surface area contributed by atoms with Gasteiger partial charge in [-0.25, -0.2) is 4.98 Å². The Hall–Kier alpha value is -2.47. The summed E-state index contributed by atoms with van der Waals surface area (Å²) in [6.45, 7) is 0.239. The standard InChI is InChI=1S/C13H10ClN3O3/c14-9-4-5-12(17(19)20)11(7-9)13(18)16-8-10-3-1-2-6-15-10/h1-7H,8H2,(H,16,18)/p+1. The van der Waals surface area contributed by atoms with Crippen LogP contribution in [-0.2, 0) is 6.54 Å². The van der Waals surface area contributed by atoms with Crippen molar-refractivity contribution < 1.29 is 14.7 Å². The molecule has 2 rings (SSSR count). The summed E-state index contributed by atoms with van der Waals surface area (Å²) < 4.78 is 0. The molecule has 0 aliphatic rings. The van der Waals surface area contributed by atoms with Crippen molar-refractivity contribution in [1.82, 2.24) is 5.32 Å². The number of carbonyl (C=O) groups is 1. The maximum absolute atomic E-state index is 12.0. The number of aromatic amines is 1. The van der Waals surface area contributed by atoms with Gasteiger partial charge in [0.05, 0.1) is 4.92 Å². The number of carbonyl (C=O) groups excluding carboxylic acids is 1. The van der Waals surface area contributed by atoms with E-state index in [2.05, 4.69) is 10.3 Å². The summed E-state index contributed by atoms with van der Waals surface area (Å²) in [5.74, 6) is -0.545. The number of nitrogens with zero attached hydrogens (tertiary/aromatic N) is 1. The SMILES string of the molecule is O=C(NCc1cccc[nH+]1)c1cc(Cl)ccc1[N+](=O)[O-]. The molecule has 0 fully saturated rings. The van der Waals surface area contributed by atoms with Gasteiger partial charge in [0.15, 0.2) is 11.9 Å². The molecule has 0 unspecified atom stereocenters. The van der Waals surface area contributed by atoms with E-state index in [0.29, 0.717) is 0 Å². The smallest absolute Gasteiger partial charge is 0.282 e. The molecule has 1 heterocycles. The summed E-state index contributed by atoms with van der Waals surface area (Å²) in [5.41, 5.74) is 0.452. The topological polar surface area (TPSA) is 86.4 Å². The third kappa shape index (κ3) is 3.30. The number of halogens is 1. The summed E-state index contributed by atoms with van der Waals surface area (Å²) in [6, 6.07) is 9.30. The van der Waals surface area contributed by atoms with E-state index < -0.39 is 10.8 Å². The fourth-order valence-electron chi connectivity index (χ4n) is 1.66. The minimum Gasteiger partial charge on any atom is -0.342 e. The van der Waals surface area contributed by atoms with Gasteiger partial charge in [-0.15, -0.1) is 0 Å². The zero-order valence-electron chi connectivity index (χ0n) is 10.3. The second-order valence-electron chi connectivity index (χ2n) is 3.99. The summed E-state index contributed by atoms with van der Waals surface area (Å²) >= 11 is 5.77. The normalized spacial score (nSPS) is 10.1. The molecule has 0 bridgehead atoms. The molecule has 0 spiro atoms. The fourth-order valence-corrected chi connectivity index (χ4v) is 1.83. The fraction of sp³-hybridized carbons (Fsp3) is 0.0769. The lowest BCUT2D eigenvalue weighted by Crippen LogP contribution is -2.27. The summed E-state index contributed by atoms with van der Waals surface area (Å²) in [4.78, 5) is 25.2. The molecule has 20 heavy (non-hydrogen) atoms. The molecule has 0 aliphatic heterocycles. The number of nitrogens with one attached hydrogen (secondary N) is 2. The Balaban J connectivity index is 2.17. The molecular formula is C13H11ClN3O3+. The van der Waals surface area contributed by atoms with Crippen LogP contribution in [-0.4, -0.2) is 10.8 Å². The minimum absolute atomic E-state index is 0.0570. The molecule has 7 heteroatoms. The lowest BCUT2D eigenvalue weighted by molar-refractivity contribution is -0.390. The lowest BCUT2D eigenvalue weighted by atomic mass is 10.1. The summed E-state index contributed by atoms with van der Waals surface area (Å²) in [6.07, 6.45) is 1.73. The Morgan fingerprint density at radius 1 is 1.35 bits per heavy atom. The van der Waals surface area contributed by atoms with Crippen molar-refractivity contribution in [3.8, 4) is 0 Å². The van der Waals surface area contributed by atoms with Crippen LogP contribution in [0.25, 0.3) is 0 Å². The average molecular weight is 293 g/mol. The maximum Gasteiger partial charge on any atom is 0.282 e. The van der Waals surface area contributed by atoms with Crippen molar-refractivity contribution in [3.05, 3.63) is 69.0 Å². The van der Waals surface area contributed by atoms with Crippen LogP contribution in [0.1, 0.15) is 16.1 Å². The number of benzene rings is 1. The third-order valence-corrected chi connectivity index (χ3v) is 2.85. The van der Waals surface area contributed by atoms with Crippen molar-refractivity contribution in [2.75, 3.05) is 0 Å². The summed E-state index contributed by atoms with van der Waals surface area (Å²) in [5, 5.41) is 13.8. The van der Waals surface area contributed by atoms with Gasteiger partial charge in [0.1, 0.15) is 12.1 Å². The summed E-state index contributed by atoms with van der Waals surface area (Å²) in [7, 11) is 0. The number of aromatic nitrogens is 1. The first-order valence-electron chi connectivity index (χ1n) is 5.75. The van der Waals surface area contributed by atoms with E-state index in [0.717, 1.165) is 5.69 Å². The molecule has 1 aromatic carbocycles. The molecule has 2 N–H and O–H groups in total. The van der Waals surface area contributed by atoms with Crippen LogP contribution in [0.15, 0.2) is 42.6 Å². The van der Waals surface area contributed by atoms with Gasteiger partial charge in [0, 0.05) is 23.2 Å². The molecule has 0 saturated carbocycles. The van der Waals surface area contributed by atoms with E-state index >= 15 is 0 Å². The van der Waals surface area contributed by atoms with Crippen LogP contribution in [0.4, 0.5) is 5.69 Å². The second kappa shape index (κ2) is 6.12. The van der Waals surface area contributed by atoms with E-state index in [4.69, 9.17) is 11.6 Å². The molecule has 2 aromatic rings. The highest BCUT2D eigenvalue weighted by Crippen LogP contribution is 2.22. The van der Waals surface area contributed by atoms with E-state index in [1.54, 1.807) is 12.3 Å². The van der Waals surface area contributed by atoms with Gasteiger partial charge in [-0.1, -0.05) is 17.7 Å². The number of hydrogen-bond donors (Lipinski definition) is 1. The predicted octanol–water partition coefficient (Wildman–Crippen LogP) is 1.99. The van der Waals surface area contributed by atoms with E-state index in [1.807, 2.05) is 12.1 Å². The Labute approximate surface area is 119 Å². The molecule has 0 aliphatic carbocycles. The van der Waals surface area contributed by atoms with E-state index in [9.17, 15) is 14.9 Å². The monoisotopic (exact) mass is 292 g/mol. The molecule has 102 valence electrons. The third-order valence-electron chi connectivity index (χ3n) is 2.61. The van der Waals surface area contributed by atoms with E-state index in [-0.39, 0.29) is 22.8 Å². The van der Waals surface area contributed by atoms with Crippen molar-refractivity contribution >= 4 is 23.2 Å². The van der Waals surface area contributed by atoms with Gasteiger partial charge >= 0.3 is 0 Å². The number of nitro benzene ring substituents is 1. The number of rotatable bonds is 4. The van der Waals surface area contributed by atoms with Crippen LogP contribution in [0.3, 0.4) is 0 Å². The van der Waals surface area contributed by atoms with Crippen molar-refractivity contribution in [3.63, 3.8) is 0 Å². The highest BCUT2D eigenvalue weighted by molar-refractivity contribution is 6.31. The van der Waals surface area contributed by atoms with Gasteiger partial charge in [0.25, 0.3) is 11.6 Å². The molecule has 0 atom stereocenters. The van der Waals surface area contributed by atoms with Gasteiger partial charge in [0.2, 0.25) is 0 Å². The minimum atomic E-state index is -0.611. The largest absolute Gasteiger partial charge is 0.342 e. The van der Waals surface area contributed by atoms with Crippen LogP contribution < -0.4 is 10.3 Å². The van der Waals surface area contributed by atoms with Gasteiger partial charge in [-0.05, 0) is 12.1 Å². The lowest BCUT2D eigenvalue weighted by Gasteiger charge is -2.04. The van der Waals surface area contributed by atoms with Crippen LogP contribution in [0.2, 0.25) is 5.02 Å². The highest BCUT2D eigenvalue weighted by Gasteiger charge is 2.20. The van der Waals surface area contributed by atoms with Gasteiger partial charge < -0.3 is 5.32 Å². The Morgan fingerprint density at radius 2 is 2.15 bits per heavy atom. The number of nitro groups is 1. The van der Waals surface area contributed by atoms with Gasteiger partial charge in [-0.3, -0.25) is 14.9 Å². The number of hydrogen-bond acceptors (Lipinski definition) is 3. The molecule has 6 nitrogen and oxygen atoms in total. The zero-order valence-corrected chi connectivity index (χ0v) is 11.1. The Bertz CT molecular complexity index is 647. The first-order chi connectivity index (χ1) is 9.58.